The highest BCUT2D eigenvalue weighted by atomic mass is 19.1. The lowest BCUT2D eigenvalue weighted by molar-refractivity contribution is 0.0531. The molecule has 30 heavy (non-hydrogen) atoms. The Morgan fingerprint density at radius 2 is 1.93 bits per heavy atom. The zero-order valence-corrected chi connectivity index (χ0v) is 16.7. The van der Waals surface area contributed by atoms with Crippen molar-refractivity contribution in [2.45, 2.75) is 25.0 Å². The molecular weight excluding hydrogens is 387 g/mol. The van der Waals surface area contributed by atoms with Gasteiger partial charge < -0.3 is 24.4 Å². The van der Waals surface area contributed by atoms with Gasteiger partial charge in [0.1, 0.15) is 24.8 Å². The van der Waals surface area contributed by atoms with Gasteiger partial charge in [0.15, 0.2) is 17.6 Å². The molecule has 3 fully saturated rings. The van der Waals surface area contributed by atoms with Gasteiger partial charge in [-0.05, 0) is 74.3 Å². The summed E-state index contributed by atoms with van der Waals surface area (Å²) in [6.07, 6.45) is 2.04. The first-order valence-corrected chi connectivity index (χ1v) is 10.5. The Hall–Kier alpha value is -2.80. The number of halogens is 1. The molecule has 0 radical (unpaired) electrons. The molecule has 6 rings (SSSR count). The molecule has 2 bridgehead atoms. The average molecular weight is 412 g/mol. The van der Waals surface area contributed by atoms with E-state index in [1.54, 1.807) is 30.3 Å². The number of carbonyl (C=O) groups is 1. The van der Waals surface area contributed by atoms with Crippen molar-refractivity contribution in [3.05, 3.63) is 53.8 Å². The van der Waals surface area contributed by atoms with E-state index in [9.17, 15) is 9.18 Å². The lowest BCUT2D eigenvalue weighted by Gasteiger charge is -2.44. The second-order valence-electron chi connectivity index (χ2n) is 8.20. The fraction of sp³-hybridized carbons (Fsp3) is 0.435. The number of amides is 1. The van der Waals surface area contributed by atoms with Crippen molar-refractivity contribution in [3.8, 4) is 17.2 Å². The zero-order chi connectivity index (χ0) is 20.5. The average Bonchev–Trinajstić information content (AvgIpc) is 2.79. The number of fused-ring (bicyclic) bond motifs is 4. The Kier molecular flexibility index (Phi) is 5.21. The summed E-state index contributed by atoms with van der Waals surface area (Å²) in [5.74, 6) is 1.94. The van der Waals surface area contributed by atoms with Gasteiger partial charge in [0.2, 0.25) is 0 Å². The molecule has 0 saturated carbocycles. The molecular formula is C23H25FN2O4. The van der Waals surface area contributed by atoms with Crippen LogP contribution in [0.4, 0.5) is 4.39 Å². The van der Waals surface area contributed by atoms with E-state index in [1.165, 1.54) is 12.1 Å². The fourth-order valence-electron chi connectivity index (χ4n) is 4.44. The quantitative estimate of drug-likeness (QED) is 0.819. The maximum Gasteiger partial charge on any atom is 0.251 e. The van der Waals surface area contributed by atoms with Crippen LogP contribution in [0.3, 0.4) is 0 Å². The van der Waals surface area contributed by atoms with E-state index in [1.807, 2.05) is 0 Å². The maximum atomic E-state index is 13.0. The summed E-state index contributed by atoms with van der Waals surface area (Å²) in [6, 6.07) is 11.4. The number of hydrogen-bond acceptors (Lipinski definition) is 5. The van der Waals surface area contributed by atoms with Gasteiger partial charge in [-0.2, -0.15) is 0 Å². The Balaban J connectivity index is 1.18. The molecule has 2 aromatic rings. The van der Waals surface area contributed by atoms with Crippen LogP contribution in [0.15, 0.2) is 42.5 Å². The van der Waals surface area contributed by atoms with E-state index in [0.29, 0.717) is 35.3 Å². The largest absolute Gasteiger partial charge is 0.490 e. The molecule has 0 unspecified atom stereocenters. The van der Waals surface area contributed by atoms with Crippen LogP contribution in [-0.4, -0.2) is 55.8 Å². The predicted octanol–water partition coefficient (Wildman–Crippen LogP) is 2.87. The SMILES string of the molecule is O=C(N[C@H]1CN2CCC1CC2)c1ccc2c(c1)OC[C@H](COc1ccc(F)cc1)O2. The summed E-state index contributed by atoms with van der Waals surface area (Å²) in [5.41, 5.74) is 0.579. The minimum atomic E-state index is -0.304. The van der Waals surface area contributed by atoms with Crippen LogP contribution in [0.2, 0.25) is 0 Å². The molecule has 4 aliphatic rings. The number of carbonyl (C=O) groups excluding carboxylic acids is 1. The summed E-state index contributed by atoms with van der Waals surface area (Å²) in [4.78, 5) is 15.2. The monoisotopic (exact) mass is 412 g/mol. The first-order valence-electron chi connectivity index (χ1n) is 10.5. The minimum Gasteiger partial charge on any atom is -0.490 e. The molecule has 1 amide bonds. The maximum absolute atomic E-state index is 13.0. The molecule has 1 N–H and O–H groups in total. The van der Waals surface area contributed by atoms with Gasteiger partial charge in [0.05, 0.1) is 0 Å². The van der Waals surface area contributed by atoms with Gasteiger partial charge in [0, 0.05) is 18.2 Å². The fourth-order valence-corrected chi connectivity index (χ4v) is 4.44. The van der Waals surface area contributed by atoms with E-state index < -0.39 is 0 Å². The van der Waals surface area contributed by atoms with Crippen molar-refractivity contribution in [3.63, 3.8) is 0 Å². The molecule has 3 saturated heterocycles. The number of benzene rings is 2. The Morgan fingerprint density at radius 3 is 2.67 bits per heavy atom. The molecule has 6 nitrogen and oxygen atoms in total. The number of nitrogens with one attached hydrogen (secondary N) is 1. The Morgan fingerprint density at radius 1 is 1.13 bits per heavy atom. The van der Waals surface area contributed by atoms with E-state index in [2.05, 4.69) is 10.2 Å². The highest BCUT2D eigenvalue weighted by molar-refractivity contribution is 5.95. The highest BCUT2D eigenvalue weighted by Crippen LogP contribution is 2.33. The van der Waals surface area contributed by atoms with E-state index in [0.717, 1.165) is 32.5 Å². The lowest BCUT2D eigenvalue weighted by Crippen LogP contribution is -2.57. The smallest absolute Gasteiger partial charge is 0.251 e. The standard InChI is InChI=1S/C23H25FN2O4/c24-17-2-4-18(5-3-17)28-13-19-14-29-22-11-16(1-6-21(22)30-19)23(27)25-20-12-26-9-7-15(20)8-10-26/h1-6,11,15,19-20H,7-10,12-14H2,(H,25,27)/t19-,20-/m0/s1. The third-order valence-corrected chi connectivity index (χ3v) is 6.15. The molecule has 2 atom stereocenters. The van der Waals surface area contributed by atoms with E-state index in [4.69, 9.17) is 14.2 Å². The van der Waals surface area contributed by atoms with Crippen LogP contribution >= 0.6 is 0 Å². The Bertz CT molecular complexity index is 912. The van der Waals surface area contributed by atoms with Gasteiger partial charge in [-0.15, -0.1) is 0 Å². The van der Waals surface area contributed by atoms with Gasteiger partial charge >= 0.3 is 0 Å². The van der Waals surface area contributed by atoms with Crippen LogP contribution in [0.1, 0.15) is 23.2 Å². The zero-order valence-electron chi connectivity index (χ0n) is 16.7. The van der Waals surface area contributed by atoms with Gasteiger partial charge in [-0.1, -0.05) is 0 Å². The van der Waals surface area contributed by atoms with Crippen LogP contribution in [-0.2, 0) is 0 Å². The summed E-state index contributed by atoms with van der Waals surface area (Å²) in [5, 5.41) is 3.20. The Labute approximate surface area is 174 Å². The highest BCUT2D eigenvalue weighted by Gasteiger charge is 2.35. The van der Waals surface area contributed by atoms with Crippen LogP contribution in [0.25, 0.3) is 0 Å². The number of ether oxygens (including phenoxy) is 3. The third kappa shape index (κ3) is 4.07. The topological polar surface area (TPSA) is 60.0 Å². The molecule has 2 aromatic carbocycles. The van der Waals surface area contributed by atoms with Crippen LogP contribution in [0.5, 0.6) is 17.2 Å². The van der Waals surface area contributed by atoms with Gasteiger partial charge in [-0.25, -0.2) is 4.39 Å². The van der Waals surface area contributed by atoms with Crippen molar-refractivity contribution in [2.75, 3.05) is 32.8 Å². The summed E-state index contributed by atoms with van der Waals surface area (Å²) in [6.45, 7) is 3.84. The minimum absolute atomic E-state index is 0.0677. The van der Waals surface area contributed by atoms with Crippen molar-refractivity contribution in [1.29, 1.82) is 0 Å². The first-order chi connectivity index (χ1) is 14.6. The summed E-state index contributed by atoms with van der Waals surface area (Å²) < 4.78 is 30.4. The normalized spacial score (nSPS) is 26.8. The number of piperidine rings is 3. The van der Waals surface area contributed by atoms with Crippen molar-refractivity contribution < 1.29 is 23.4 Å². The molecule has 4 heterocycles. The molecule has 4 aliphatic heterocycles. The number of nitrogens with zero attached hydrogens (tertiary/aromatic N) is 1. The molecule has 0 aliphatic carbocycles. The van der Waals surface area contributed by atoms with Crippen molar-refractivity contribution in [1.82, 2.24) is 10.2 Å². The second-order valence-corrected chi connectivity index (χ2v) is 8.20. The van der Waals surface area contributed by atoms with E-state index in [-0.39, 0.29) is 30.5 Å². The lowest BCUT2D eigenvalue weighted by atomic mass is 9.84. The molecule has 158 valence electrons. The second kappa shape index (κ2) is 8.14. The summed E-state index contributed by atoms with van der Waals surface area (Å²) in [7, 11) is 0. The van der Waals surface area contributed by atoms with Crippen LogP contribution < -0.4 is 19.5 Å². The van der Waals surface area contributed by atoms with E-state index >= 15 is 0 Å². The van der Waals surface area contributed by atoms with Gasteiger partial charge in [-0.3, -0.25) is 4.79 Å². The first kappa shape index (κ1) is 19.2. The summed E-state index contributed by atoms with van der Waals surface area (Å²) >= 11 is 0. The third-order valence-electron chi connectivity index (χ3n) is 6.15. The van der Waals surface area contributed by atoms with Crippen molar-refractivity contribution in [2.24, 2.45) is 5.92 Å². The molecule has 7 heteroatoms. The van der Waals surface area contributed by atoms with Gasteiger partial charge in [0.25, 0.3) is 5.91 Å². The number of rotatable bonds is 5. The molecule has 0 aromatic heterocycles. The predicted molar refractivity (Wildman–Crippen MR) is 109 cm³/mol. The molecule has 0 spiro atoms. The van der Waals surface area contributed by atoms with Crippen molar-refractivity contribution >= 4 is 5.91 Å². The van der Waals surface area contributed by atoms with Crippen LogP contribution in [0, 0.1) is 11.7 Å². The number of hydrogen-bond donors (Lipinski definition) is 1.